The minimum absolute atomic E-state index is 0.143. The van der Waals surface area contributed by atoms with Crippen molar-refractivity contribution in [1.82, 2.24) is 19.7 Å². The fraction of sp³-hybridized carbons (Fsp3) is 0.357. The zero-order valence-corrected chi connectivity index (χ0v) is 10.6. The quantitative estimate of drug-likeness (QED) is 0.909. The maximum absolute atomic E-state index is 11.1. The van der Waals surface area contributed by atoms with Gasteiger partial charge >= 0.3 is 0 Å². The third-order valence-corrected chi connectivity index (χ3v) is 3.45. The van der Waals surface area contributed by atoms with Crippen molar-refractivity contribution < 1.29 is 0 Å². The van der Waals surface area contributed by atoms with E-state index in [2.05, 4.69) is 15.1 Å². The Morgan fingerprint density at radius 3 is 3.05 bits per heavy atom. The number of nitrogens with one attached hydrogen (secondary N) is 1. The highest BCUT2D eigenvalue weighted by atomic mass is 16.1. The fourth-order valence-electron chi connectivity index (χ4n) is 2.15. The number of nitrogens with zero attached hydrogens (tertiary/aromatic N) is 3. The Bertz CT molecular complexity index is 637. The standard InChI is InChI=1S/C14H16N4O/c19-14-6-7-15-13(17-14)5-4-12-8-16-18(10-12)9-11-2-1-3-11/h4-8,10-11H,1-3,9H2,(H,15,17,19). The van der Waals surface area contributed by atoms with Crippen LogP contribution in [0.5, 0.6) is 0 Å². The maximum atomic E-state index is 11.1. The van der Waals surface area contributed by atoms with Gasteiger partial charge in [-0.15, -0.1) is 0 Å². The Balaban J connectivity index is 1.67. The van der Waals surface area contributed by atoms with Crippen LogP contribution in [0.15, 0.2) is 29.5 Å². The van der Waals surface area contributed by atoms with Crippen molar-refractivity contribution in [2.75, 3.05) is 0 Å². The first-order valence-corrected chi connectivity index (χ1v) is 6.55. The zero-order valence-electron chi connectivity index (χ0n) is 10.6. The van der Waals surface area contributed by atoms with Gasteiger partial charge in [-0.05, 0) is 30.9 Å². The molecule has 0 amide bonds. The molecule has 1 fully saturated rings. The van der Waals surface area contributed by atoms with Crippen molar-refractivity contribution in [3.8, 4) is 0 Å². The van der Waals surface area contributed by atoms with E-state index >= 15 is 0 Å². The summed E-state index contributed by atoms with van der Waals surface area (Å²) in [7, 11) is 0. The molecule has 2 aromatic heterocycles. The molecule has 0 radical (unpaired) electrons. The van der Waals surface area contributed by atoms with E-state index < -0.39 is 0 Å². The Hall–Kier alpha value is -2.17. The number of aromatic amines is 1. The van der Waals surface area contributed by atoms with E-state index in [0.717, 1.165) is 18.0 Å². The van der Waals surface area contributed by atoms with Gasteiger partial charge in [-0.2, -0.15) is 5.10 Å². The van der Waals surface area contributed by atoms with Crippen molar-refractivity contribution in [2.45, 2.75) is 25.8 Å². The van der Waals surface area contributed by atoms with Crippen LogP contribution in [0.25, 0.3) is 12.2 Å². The monoisotopic (exact) mass is 256 g/mol. The largest absolute Gasteiger partial charge is 0.307 e. The van der Waals surface area contributed by atoms with Crippen LogP contribution in [-0.2, 0) is 6.54 Å². The van der Waals surface area contributed by atoms with E-state index in [9.17, 15) is 4.79 Å². The number of hydrogen-bond donors (Lipinski definition) is 1. The summed E-state index contributed by atoms with van der Waals surface area (Å²) in [6.07, 6.45) is 13.0. The molecule has 0 unspecified atom stereocenters. The molecular weight excluding hydrogens is 240 g/mol. The molecule has 0 spiro atoms. The predicted molar refractivity (Wildman–Crippen MR) is 73.4 cm³/mol. The van der Waals surface area contributed by atoms with Crippen LogP contribution in [0.3, 0.4) is 0 Å². The number of H-pyrrole nitrogens is 1. The van der Waals surface area contributed by atoms with Crippen molar-refractivity contribution in [2.24, 2.45) is 5.92 Å². The van der Waals surface area contributed by atoms with Crippen molar-refractivity contribution in [1.29, 1.82) is 0 Å². The van der Waals surface area contributed by atoms with Crippen molar-refractivity contribution in [3.05, 3.63) is 46.4 Å². The molecule has 1 N–H and O–H groups in total. The highest BCUT2D eigenvalue weighted by Gasteiger charge is 2.17. The summed E-state index contributed by atoms with van der Waals surface area (Å²) in [5.74, 6) is 1.35. The van der Waals surface area contributed by atoms with Gasteiger partial charge in [0.1, 0.15) is 5.82 Å². The molecule has 2 heterocycles. The highest BCUT2D eigenvalue weighted by Crippen LogP contribution is 2.27. The van der Waals surface area contributed by atoms with E-state index in [0.29, 0.717) is 5.82 Å². The van der Waals surface area contributed by atoms with Gasteiger partial charge in [0.05, 0.1) is 6.20 Å². The lowest BCUT2D eigenvalue weighted by Gasteiger charge is -2.24. The minimum atomic E-state index is -0.143. The molecule has 98 valence electrons. The number of aromatic nitrogens is 4. The second-order valence-corrected chi connectivity index (χ2v) is 4.95. The van der Waals surface area contributed by atoms with Crippen LogP contribution in [0, 0.1) is 5.92 Å². The summed E-state index contributed by atoms with van der Waals surface area (Å²) in [4.78, 5) is 17.8. The molecule has 1 aliphatic carbocycles. The molecule has 0 atom stereocenters. The van der Waals surface area contributed by atoms with E-state index in [4.69, 9.17) is 0 Å². The molecule has 0 saturated heterocycles. The maximum Gasteiger partial charge on any atom is 0.251 e. The van der Waals surface area contributed by atoms with Gasteiger partial charge in [-0.25, -0.2) is 4.98 Å². The van der Waals surface area contributed by atoms with Crippen LogP contribution in [0.2, 0.25) is 0 Å². The zero-order chi connectivity index (χ0) is 13.1. The molecule has 0 bridgehead atoms. The Morgan fingerprint density at radius 1 is 1.42 bits per heavy atom. The van der Waals surface area contributed by atoms with Crippen LogP contribution in [-0.4, -0.2) is 19.7 Å². The summed E-state index contributed by atoms with van der Waals surface area (Å²) >= 11 is 0. The summed E-state index contributed by atoms with van der Waals surface area (Å²) < 4.78 is 1.99. The van der Waals surface area contributed by atoms with E-state index in [1.54, 1.807) is 6.08 Å². The number of hydrogen-bond acceptors (Lipinski definition) is 3. The smallest absolute Gasteiger partial charge is 0.251 e. The predicted octanol–water partition coefficient (Wildman–Crippen LogP) is 1.94. The SMILES string of the molecule is O=c1ccnc(C=Cc2cnn(CC3CCC3)c2)[nH]1. The molecule has 2 aromatic rings. The minimum Gasteiger partial charge on any atom is -0.307 e. The summed E-state index contributed by atoms with van der Waals surface area (Å²) in [6.45, 7) is 1.01. The van der Waals surface area contributed by atoms with Gasteiger partial charge in [0.2, 0.25) is 0 Å². The van der Waals surface area contributed by atoms with Crippen LogP contribution in [0.4, 0.5) is 0 Å². The van der Waals surface area contributed by atoms with Crippen molar-refractivity contribution in [3.63, 3.8) is 0 Å². The van der Waals surface area contributed by atoms with Crippen LogP contribution >= 0.6 is 0 Å². The molecule has 0 aromatic carbocycles. The fourth-order valence-corrected chi connectivity index (χ4v) is 2.15. The van der Waals surface area contributed by atoms with Crippen molar-refractivity contribution >= 4 is 12.2 Å². The Labute approximate surface area is 111 Å². The topological polar surface area (TPSA) is 63.6 Å². The third kappa shape index (κ3) is 2.99. The van der Waals surface area contributed by atoms with E-state index in [1.165, 1.54) is 31.5 Å². The molecule has 5 heteroatoms. The molecular formula is C14H16N4O. The Kier molecular flexibility index (Phi) is 3.27. The van der Waals surface area contributed by atoms with Gasteiger partial charge in [0, 0.05) is 30.6 Å². The van der Waals surface area contributed by atoms with Gasteiger partial charge in [-0.3, -0.25) is 9.48 Å². The molecule has 0 aliphatic heterocycles. The van der Waals surface area contributed by atoms with E-state index in [1.807, 2.05) is 23.2 Å². The normalized spacial score (nSPS) is 15.8. The second-order valence-electron chi connectivity index (χ2n) is 4.95. The molecule has 1 aliphatic rings. The van der Waals surface area contributed by atoms with Crippen LogP contribution in [0.1, 0.15) is 30.7 Å². The first-order valence-electron chi connectivity index (χ1n) is 6.55. The van der Waals surface area contributed by atoms with Gasteiger partial charge in [-0.1, -0.05) is 6.42 Å². The molecule has 1 saturated carbocycles. The lowest BCUT2D eigenvalue weighted by atomic mass is 9.85. The van der Waals surface area contributed by atoms with Gasteiger partial charge in [0.15, 0.2) is 0 Å². The second kappa shape index (κ2) is 5.22. The summed E-state index contributed by atoms with van der Waals surface area (Å²) in [5.41, 5.74) is 0.876. The summed E-state index contributed by atoms with van der Waals surface area (Å²) in [6, 6.07) is 1.40. The first kappa shape index (κ1) is 11.9. The van der Waals surface area contributed by atoms with Gasteiger partial charge in [0.25, 0.3) is 5.56 Å². The lowest BCUT2D eigenvalue weighted by molar-refractivity contribution is 0.266. The van der Waals surface area contributed by atoms with Crippen LogP contribution < -0.4 is 5.56 Å². The Morgan fingerprint density at radius 2 is 2.32 bits per heavy atom. The summed E-state index contributed by atoms with van der Waals surface area (Å²) in [5, 5.41) is 4.34. The third-order valence-electron chi connectivity index (χ3n) is 3.45. The van der Waals surface area contributed by atoms with E-state index in [-0.39, 0.29) is 5.56 Å². The average molecular weight is 256 g/mol. The average Bonchev–Trinajstić information content (AvgIpc) is 2.79. The first-order chi connectivity index (χ1) is 9.29. The number of rotatable bonds is 4. The lowest BCUT2D eigenvalue weighted by Crippen LogP contribution is -2.18. The van der Waals surface area contributed by atoms with Gasteiger partial charge < -0.3 is 4.98 Å². The molecule has 3 rings (SSSR count). The molecule has 19 heavy (non-hydrogen) atoms. The molecule has 5 nitrogen and oxygen atoms in total. The highest BCUT2D eigenvalue weighted by molar-refractivity contribution is 5.65.